The number of benzene rings is 2. The number of rotatable bonds is 5. The van der Waals surface area contributed by atoms with Crippen LogP contribution in [0, 0.1) is 6.92 Å². The maximum atomic E-state index is 12.2. The van der Waals surface area contributed by atoms with Crippen LogP contribution in [-0.2, 0) is 11.2 Å². The van der Waals surface area contributed by atoms with Crippen molar-refractivity contribution in [2.24, 2.45) is 10.2 Å². The molecule has 1 amide bonds. The van der Waals surface area contributed by atoms with Crippen LogP contribution in [0.5, 0.6) is 0 Å². The zero-order valence-electron chi connectivity index (χ0n) is 15.1. The van der Waals surface area contributed by atoms with Gasteiger partial charge in [0.05, 0.1) is 11.5 Å². The fourth-order valence-corrected chi connectivity index (χ4v) is 3.58. The van der Waals surface area contributed by atoms with Gasteiger partial charge in [-0.3, -0.25) is 4.79 Å². The molecule has 3 rings (SSSR count). The molecule has 0 radical (unpaired) electrons. The number of hydrogen-bond acceptors (Lipinski definition) is 5. The van der Waals surface area contributed by atoms with Gasteiger partial charge < -0.3 is 10.2 Å². The van der Waals surface area contributed by atoms with E-state index in [-0.39, 0.29) is 11.2 Å². The Balaban J connectivity index is 1.61. The molecule has 134 valence electrons. The van der Waals surface area contributed by atoms with Crippen molar-refractivity contribution >= 4 is 34.7 Å². The topological polar surface area (TPSA) is 57.1 Å². The van der Waals surface area contributed by atoms with E-state index in [0.29, 0.717) is 11.6 Å². The molecule has 1 heterocycles. The highest BCUT2D eigenvalue weighted by Crippen LogP contribution is 2.24. The third kappa shape index (κ3) is 4.52. The van der Waals surface area contributed by atoms with Crippen molar-refractivity contribution in [3.05, 3.63) is 65.2 Å². The standard InChI is InChI=1S/C20H22N4OS/c1-14-6-4-5-7-16(14)12-18-19(25)22-20(26-18)23-21-13-15-8-10-17(11-9-15)24(2)3/h4-11,13,18H,12H2,1-3H3,(H,22,23,25)/b21-13-/t18-/m0/s1. The summed E-state index contributed by atoms with van der Waals surface area (Å²) in [5.74, 6) is -0.0115. The molecule has 1 aliphatic rings. The fourth-order valence-electron chi connectivity index (χ4n) is 2.63. The van der Waals surface area contributed by atoms with Gasteiger partial charge in [0.25, 0.3) is 0 Å². The van der Waals surface area contributed by atoms with Crippen LogP contribution in [-0.4, -0.2) is 36.6 Å². The SMILES string of the molecule is Cc1ccccc1C[C@@H]1S/C(=N/N=C\c2ccc(N(C)C)cc2)NC1=O. The van der Waals surface area contributed by atoms with Gasteiger partial charge in [0.15, 0.2) is 5.17 Å². The largest absolute Gasteiger partial charge is 0.378 e. The third-order valence-corrected chi connectivity index (χ3v) is 5.28. The number of carbonyl (C=O) groups is 1. The molecule has 2 aromatic carbocycles. The minimum atomic E-state index is -0.163. The Morgan fingerprint density at radius 3 is 2.58 bits per heavy atom. The summed E-state index contributed by atoms with van der Waals surface area (Å²) in [5.41, 5.74) is 4.48. The summed E-state index contributed by atoms with van der Waals surface area (Å²) in [4.78, 5) is 14.2. The Labute approximate surface area is 158 Å². The number of thioether (sulfide) groups is 1. The molecule has 0 bridgehead atoms. The predicted molar refractivity (Wildman–Crippen MR) is 110 cm³/mol. The van der Waals surface area contributed by atoms with Crippen molar-refractivity contribution in [3.8, 4) is 0 Å². The Hall–Kier alpha value is -2.60. The molecule has 0 unspecified atom stereocenters. The van der Waals surface area contributed by atoms with Crippen LogP contribution in [0.15, 0.2) is 58.7 Å². The third-order valence-electron chi connectivity index (χ3n) is 4.21. The number of nitrogens with zero attached hydrogens (tertiary/aromatic N) is 3. The summed E-state index contributed by atoms with van der Waals surface area (Å²) in [7, 11) is 4.00. The summed E-state index contributed by atoms with van der Waals surface area (Å²) < 4.78 is 0. The van der Waals surface area contributed by atoms with Gasteiger partial charge in [-0.15, -0.1) is 5.10 Å². The van der Waals surface area contributed by atoms with Gasteiger partial charge in [0, 0.05) is 19.8 Å². The van der Waals surface area contributed by atoms with Gasteiger partial charge in [0.1, 0.15) is 0 Å². The number of hydrogen-bond donors (Lipinski definition) is 1. The first kappa shape index (κ1) is 18.2. The molecule has 1 N–H and O–H groups in total. The van der Waals surface area contributed by atoms with E-state index in [1.807, 2.05) is 55.4 Å². The summed E-state index contributed by atoms with van der Waals surface area (Å²) in [6, 6.07) is 16.2. The highest BCUT2D eigenvalue weighted by molar-refractivity contribution is 8.15. The molecule has 0 spiro atoms. The van der Waals surface area contributed by atoms with E-state index < -0.39 is 0 Å². The molecule has 0 saturated carbocycles. The van der Waals surface area contributed by atoms with Gasteiger partial charge in [0.2, 0.25) is 5.91 Å². The monoisotopic (exact) mass is 366 g/mol. The second-order valence-corrected chi connectivity index (χ2v) is 7.55. The molecule has 0 aromatic heterocycles. The maximum absolute atomic E-state index is 12.2. The molecular formula is C20H22N4OS. The summed E-state index contributed by atoms with van der Waals surface area (Å²) in [6.07, 6.45) is 2.38. The zero-order chi connectivity index (χ0) is 18.5. The van der Waals surface area contributed by atoms with Gasteiger partial charge >= 0.3 is 0 Å². The van der Waals surface area contributed by atoms with E-state index >= 15 is 0 Å². The Morgan fingerprint density at radius 2 is 1.88 bits per heavy atom. The first-order chi connectivity index (χ1) is 12.5. The quantitative estimate of drug-likeness (QED) is 0.653. The van der Waals surface area contributed by atoms with E-state index in [2.05, 4.69) is 34.6 Å². The molecule has 26 heavy (non-hydrogen) atoms. The van der Waals surface area contributed by atoms with Crippen LogP contribution in [0.25, 0.3) is 0 Å². The highest BCUT2D eigenvalue weighted by atomic mass is 32.2. The smallest absolute Gasteiger partial charge is 0.239 e. The van der Waals surface area contributed by atoms with E-state index in [0.717, 1.165) is 11.3 Å². The van der Waals surface area contributed by atoms with E-state index in [9.17, 15) is 4.79 Å². The van der Waals surface area contributed by atoms with Crippen molar-refractivity contribution in [2.45, 2.75) is 18.6 Å². The number of carbonyl (C=O) groups excluding carboxylic acids is 1. The van der Waals surface area contributed by atoms with Crippen molar-refractivity contribution in [1.29, 1.82) is 0 Å². The highest BCUT2D eigenvalue weighted by Gasteiger charge is 2.30. The minimum Gasteiger partial charge on any atom is -0.378 e. The van der Waals surface area contributed by atoms with Crippen LogP contribution < -0.4 is 10.2 Å². The van der Waals surface area contributed by atoms with Gasteiger partial charge in [-0.1, -0.05) is 48.2 Å². The van der Waals surface area contributed by atoms with E-state index in [1.54, 1.807) is 6.21 Å². The lowest BCUT2D eigenvalue weighted by atomic mass is 10.0. The van der Waals surface area contributed by atoms with Crippen LogP contribution in [0.1, 0.15) is 16.7 Å². The van der Waals surface area contributed by atoms with Crippen LogP contribution in [0.4, 0.5) is 5.69 Å². The van der Waals surface area contributed by atoms with E-state index in [1.165, 1.54) is 22.9 Å². The van der Waals surface area contributed by atoms with Crippen LogP contribution in [0.3, 0.4) is 0 Å². The number of amides is 1. The first-order valence-corrected chi connectivity index (χ1v) is 9.31. The molecule has 1 aliphatic heterocycles. The second-order valence-electron chi connectivity index (χ2n) is 6.36. The van der Waals surface area contributed by atoms with Gasteiger partial charge in [-0.2, -0.15) is 5.10 Å². The fraction of sp³-hybridized carbons (Fsp3) is 0.250. The average molecular weight is 366 g/mol. The maximum Gasteiger partial charge on any atom is 0.239 e. The molecule has 2 aromatic rings. The average Bonchev–Trinajstić information content (AvgIpc) is 2.97. The molecule has 0 aliphatic carbocycles. The Morgan fingerprint density at radius 1 is 1.15 bits per heavy atom. The van der Waals surface area contributed by atoms with Gasteiger partial charge in [-0.05, 0) is 42.2 Å². The molecule has 1 fully saturated rings. The lowest BCUT2D eigenvalue weighted by molar-refractivity contribution is -0.118. The Bertz CT molecular complexity index is 843. The molecule has 1 atom stereocenters. The van der Waals surface area contributed by atoms with Crippen molar-refractivity contribution in [1.82, 2.24) is 5.32 Å². The van der Waals surface area contributed by atoms with E-state index in [4.69, 9.17) is 0 Å². The lowest BCUT2D eigenvalue weighted by Gasteiger charge is -2.11. The first-order valence-electron chi connectivity index (χ1n) is 8.43. The Kier molecular flexibility index (Phi) is 5.73. The number of aryl methyl sites for hydroxylation is 1. The zero-order valence-corrected chi connectivity index (χ0v) is 16.0. The normalized spacial score (nSPS) is 18.5. The molecule has 5 nitrogen and oxygen atoms in total. The summed E-state index contributed by atoms with van der Waals surface area (Å²) in [5, 5.41) is 11.4. The molecular weight excluding hydrogens is 344 g/mol. The van der Waals surface area contributed by atoms with Crippen LogP contribution >= 0.6 is 11.8 Å². The predicted octanol–water partition coefficient (Wildman–Crippen LogP) is 3.23. The van der Waals surface area contributed by atoms with Gasteiger partial charge in [-0.25, -0.2) is 0 Å². The summed E-state index contributed by atoms with van der Waals surface area (Å²) in [6.45, 7) is 2.06. The van der Waals surface area contributed by atoms with Crippen LogP contribution in [0.2, 0.25) is 0 Å². The molecule has 1 saturated heterocycles. The molecule has 6 heteroatoms. The second kappa shape index (κ2) is 8.19. The minimum absolute atomic E-state index is 0.0115. The van der Waals surface area contributed by atoms with Crippen molar-refractivity contribution in [3.63, 3.8) is 0 Å². The summed E-state index contributed by atoms with van der Waals surface area (Å²) >= 11 is 1.43. The van der Waals surface area contributed by atoms with Crippen molar-refractivity contribution < 1.29 is 4.79 Å². The van der Waals surface area contributed by atoms with Crippen molar-refractivity contribution in [2.75, 3.05) is 19.0 Å². The number of amidine groups is 1. The number of nitrogens with one attached hydrogen (secondary N) is 1. The number of anilines is 1. The lowest BCUT2D eigenvalue weighted by Crippen LogP contribution is -2.26.